The highest BCUT2D eigenvalue weighted by Gasteiger charge is 2.40. The number of rotatable bonds is 24. The number of likely N-dealkylation sites (tertiary alicyclic amines) is 1. The number of carboxylic acid groups (broad SMARTS) is 1. The number of hydrogen-bond donors (Lipinski definition) is 10. The molecule has 0 bridgehead atoms. The summed E-state index contributed by atoms with van der Waals surface area (Å²) in [5.74, 6) is -4.66. The number of H-pyrrole nitrogens is 1. The maximum atomic E-state index is 14.6. The molecule has 6 amide bonds. The number of nitrogens with one attached hydrogen (secondary N) is 6. The van der Waals surface area contributed by atoms with E-state index in [4.69, 9.17) is 17.2 Å². The summed E-state index contributed by atoms with van der Waals surface area (Å²) in [6, 6.07) is 9.98. The molecule has 1 aliphatic heterocycles. The van der Waals surface area contributed by atoms with Crippen LogP contribution < -0.4 is 43.8 Å². The number of aliphatic carboxylic acids is 1. The van der Waals surface area contributed by atoms with Gasteiger partial charge in [-0.1, -0.05) is 80.6 Å². The van der Waals surface area contributed by atoms with Crippen molar-refractivity contribution in [3.63, 3.8) is 0 Å². The lowest BCUT2D eigenvalue weighted by molar-refractivity contribution is -0.143. The molecule has 2 fully saturated rings. The summed E-state index contributed by atoms with van der Waals surface area (Å²) >= 11 is 0. The Kier molecular flexibility index (Phi) is 19.3. The molecule has 19 heteroatoms. The standard InChI is InChI=1S/C47H67N11O8/c1-29(59)53-37(25-30-13-4-2-5-14-30)41(60)54-35(19-10-22-48)45(64)58-24-12-21-40(58)44(63)57-38(26-31-15-6-3-7-16-31)42(61)56-39(27-32-28-52-34-18-9-8-17-33(32)34)43(62)55-36(46(65)66)20-11-23-51-47(49)50/h2,4-5,8-9,13-14,17-18,28,31,35-40,52H,3,6-7,10-12,15-16,19-27,48H2,1H3,(H,53,59)(H,54,60)(H,55,62)(H,56,61)(H,57,63)(H,65,66)(H4,49,50,51)/t35-,36-,37-,38+,39-,40-/m0/s1. The van der Waals surface area contributed by atoms with E-state index in [2.05, 4.69) is 36.6 Å². The first kappa shape index (κ1) is 50.5. The number of para-hydroxylation sites is 1. The fraction of sp³-hybridized carbons (Fsp3) is 0.532. The Hall–Kier alpha value is -6.50. The summed E-state index contributed by atoms with van der Waals surface area (Å²) in [7, 11) is 0. The van der Waals surface area contributed by atoms with E-state index in [1.54, 1.807) is 6.20 Å². The van der Waals surface area contributed by atoms with Gasteiger partial charge >= 0.3 is 5.97 Å². The van der Waals surface area contributed by atoms with Gasteiger partial charge in [-0.15, -0.1) is 0 Å². The number of amides is 6. The molecular formula is C47H67N11O8. The zero-order valence-electron chi connectivity index (χ0n) is 37.8. The van der Waals surface area contributed by atoms with Gasteiger partial charge < -0.3 is 58.8 Å². The molecule has 2 aliphatic rings. The molecule has 3 aromatic rings. The van der Waals surface area contributed by atoms with Crippen molar-refractivity contribution in [1.29, 1.82) is 0 Å². The maximum absolute atomic E-state index is 14.6. The Morgan fingerprint density at radius 2 is 1.38 bits per heavy atom. The number of carbonyl (C=O) groups excluding carboxylic acids is 6. The van der Waals surface area contributed by atoms with Gasteiger partial charge in [0.05, 0.1) is 0 Å². The summed E-state index contributed by atoms with van der Waals surface area (Å²) in [6.07, 6.45) is 8.55. The lowest BCUT2D eigenvalue weighted by Gasteiger charge is -2.32. The van der Waals surface area contributed by atoms with Crippen molar-refractivity contribution in [2.45, 2.75) is 133 Å². The van der Waals surface area contributed by atoms with Crippen LogP contribution in [0.1, 0.15) is 95.1 Å². The van der Waals surface area contributed by atoms with Crippen LogP contribution in [0.5, 0.6) is 0 Å². The lowest BCUT2D eigenvalue weighted by atomic mass is 9.84. The zero-order chi connectivity index (χ0) is 47.6. The second-order valence-electron chi connectivity index (χ2n) is 17.4. The van der Waals surface area contributed by atoms with E-state index in [1.807, 2.05) is 54.6 Å². The third kappa shape index (κ3) is 15.0. The summed E-state index contributed by atoms with van der Waals surface area (Å²) in [6.45, 7) is 1.94. The molecule has 1 saturated heterocycles. The number of aliphatic imine (C=N–C) groups is 1. The summed E-state index contributed by atoms with van der Waals surface area (Å²) in [5, 5.41) is 24.8. The fourth-order valence-corrected chi connectivity index (χ4v) is 8.95. The number of nitrogens with zero attached hydrogens (tertiary/aromatic N) is 2. The van der Waals surface area contributed by atoms with Gasteiger partial charge in [-0.3, -0.25) is 33.8 Å². The van der Waals surface area contributed by atoms with Crippen molar-refractivity contribution >= 4 is 58.3 Å². The molecule has 1 aliphatic carbocycles. The predicted octanol–water partition coefficient (Wildman–Crippen LogP) is 1.24. The van der Waals surface area contributed by atoms with Crippen LogP contribution in [0.2, 0.25) is 0 Å². The highest BCUT2D eigenvalue weighted by Crippen LogP contribution is 2.28. The summed E-state index contributed by atoms with van der Waals surface area (Å²) < 4.78 is 0. The van der Waals surface area contributed by atoms with E-state index in [1.165, 1.54) is 11.8 Å². The largest absolute Gasteiger partial charge is 0.480 e. The third-order valence-corrected chi connectivity index (χ3v) is 12.3. The monoisotopic (exact) mass is 914 g/mol. The van der Waals surface area contributed by atoms with Crippen LogP contribution in [-0.4, -0.2) is 118 Å². The molecular weight excluding hydrogens is 847 g/mol. The number of fused-ring (bicyclic) bond motifs is 1. The van der Waals surface area contributed by atoms with Crippen LogP contribution in [0.4, 0.5) is 0 Å². The predicted molar refractivity (Wildman–Crippen MR) is 249 cm³/mol. The molecule has 358 valence electrons. The number of nitrogens with two attached hydrogens (primary N) is 3. The van der Waals surface area contributed by atoms with Gasteiger partial charge in [0.2, 0.25) is 35.4 Å². The molecule has 0 unspecified atom stereocenters. The molecule has 2 heterocycles. The molecule has 19 nitrogen and oxygen atoms in total. The van der Waals surface area contributed by atoms with Crippen molar-refractivity contribution in [1.82, 2.24) is 36.5 Å². The number of hydrogen-bond acceptors (Lipinski definition) is 9. The van der Waals surface area contributed by atoms with E-state index < -0.39 is 77.7 Å². The molecule has 13 N–H and O–H groups in total. The number of carbonyl (C=O) groups is 7. The smallest absolute Gasteiger partial charge is 0.326 e. The van der Waals surface area contributed by atoms with Crippen molar-refractivity contribution in [2.75, 3.05) is 19.6 Å². The van der Waals surface area contributed by atoms with Gasteiger partial charge in [-0.25, -0.2) is 4.79 Å². The van der Waals surface area contributed by atoms with Crippen LogP contribution in [-0.2, 0) is 46.4 Å². The molecule has 1 saturated carbocycles. The van der Waals surface area contributed by atoms with Gasteiger partial charge in [0, 0.05) is 50.0 Å². The Labute approximate surface area is 385 Å². The average Bonchev–Trinajstić information content (AvgIpc) is 3.96. The van der Waals surface area contributed by atoms with Gasteiger partial charge in [-0.05, 0) is 74.6 Å². The van der Waals surface area contributed by atoms with Gasteiger partial charge in [0.15, 0.2) is 5.96 Å². The average molecular weight is 914 g/mol. The Balaban J connectivity index is 1.36. The minimum atomic E-state index is -1.31. The summed E-state index contributed by atoms with van der Waals surface area (Å²) in [5.41, 5.74) is 19.0. The lowest BCUT2D eigenvalue weighted by Crippen LogP contribution is -2.59. The minimum absolute atomic E-state index is 0.000969. The van der Waals surface area contributed by atoms with Crippen molar-refractivity contribution in [2.24, 2.45) is 28.1 Å². The molecule has 2 aromatic carbocycles. The van der Waals surface area contributed by atoms with E-state index in [0.29, 0.717) is 24.8 Å². The first-order chi connectivity index (χ1) is 31.7. The number of benzene rings is 2. The van der Waals surface area contributed by atoms with Crippen LogP contribution in [0.3, 0.4) is 0 Å². The molecule has 6 atom stereocenters. The Bertz CT molecular complexity index is 2150. The van der Waals surface area contributed by atoms with E-state index >= 15 is 0 Å². The van der Waals surface area contributed by atoms with Crippen LogP contribution in [0.15, 0.2) is 65.8 Å². The topological polar surface area (TPSA) is 309 Å². The third-order valence-electron chi connectivity index (χ3n) is 12.3. The first-order valence-electron chi connectivity index (χ1n) is 23.1. The number of guanidine groups is 1. The number of aromatic nitrogens is 1. The van der Waals surface area contributed by atoms with Gasteiger partial charge in [0.25, 0.3) is 0 Å². The van der Waals surface area contributed by atoms with Crippen LogP contribution in [0.25, 0.3) is 10.9 Å². The molecule has 5 rings (SSSR count). The van der Waals surface area contributed by atoms with Crippen LogP contribution >= 0.6 is 0 Å². The van der Waals surface area contributed by atoms with Crippen LogP contribution in [0, 0.1) is 5.92 Å². The molecule has 0 spiro atoms. The van der Waals surface area contributed by atoms with E-state index in [0.717, 1.165) is 48.6 Å². The van der Waals surface area contributed by atoms with Crippen molar-refractivity contribution < 1.29 is 38.7 Å². The fourth-order valence-electron chi connectivity index (χ4n) is 8.95. The zero-order valence-corrected chi connectivity index (χ0v) is 37.8. The van der Waals surface area contributed by atoms with E-state index in [-0.39, 0.29) is 70.0 Å². The second-order valence-corrected chi connectivity index (χ2v) is 17.4. The van der Waals surface area contributed by atoms with Gasteiger partial charge in [0.1, 0.15) is 36.3 Å². The summed E-state index contributed by atoms with van der Waals surface area (Å²) in [4.78, 5) is 104. The first-order valence-corrected chi connectivity index (χ1v) is 23.1. The van der Waals surface area contributed by atoms with Crippen molar-refractivity contribution in [3.05, 3.63) is 71.9 Å². The Morgan fingerprint density at radius 1 is 0.742 bits per heavy atom. The second kappa shape index (κ2) is 25.3. The SMILES string of the molecule is CC(=O)N[C@@H](Cc1ccccc1)C(=O)N[C@@H](CCCN)C(=O)N1CCC[C@H]1C(=O)N[C@H](CC1CCCCC1)C(=O)N[C@@H](Cc1c[nH]c2ccccc12)C(=O)N[C@@H](CCCN=C(N)N)C(=O)O. The molecule has 0 radical (unpaired) electrons. The number of aromatic amines is 1. The van der Waals surface area contributed by atoms with Crippen molar-refractivity contribution in [3.8, 4) is 0 Å². The highest BCUT2D eigenvalue weighted by molar-refractivity contribution is 5.97. The minimum Gasteiger partial charge on any atom is -0.480 e. The quantitative estimate of drug-likeness (QED) is 0.0346. The van der Waals surface area contributed by atoms with Gasteiger partial charge in [-0.2, -0.15) is 0 Å². The molecule has 66 heavy (non-hydrogen) atoms. The highest BCUT2D eigenvalue weighted by atomic mass is 16.4. The van der Waals surface area contributed by atoms with E-state index in [9.17, 15) is 38.7 Å². The Morgan fingerprint density at radius 3 is 2.06 bits per heavy atom. The number of carboxylic acids is 1. The molecule has 1 aromatic heterocycles. The normalized spacial score (nSPS) is 17.4. The maximum Gasteiger partial charge on any atom is 0.326 e.